The summed E-state index contributed by atoms with van der Waals surface area (Å²) in [7, 11) is 0. The van der Waals surface area contributed by atoms with E-state index in [0.29, 0.717) is 60.7 Å². The zero-order valence-electron chi connectivity index (χ0n) is 88.5. The number of para-hydroxylation sites is 2. The molecule has 0 unspecified atom stereocenters. The molecule has 768 valence electrons. The Labute approximate surface area is 924 Å². The first-order chi connectivity index (χ1) is 64.8. The summed E-state index contributed by atoms with van der Waals surface area (Å²) in [5.74, 6) is 2.56. The van der Waals surface area contributed by atoms with Crippen molar-refractivity contribution in [3.8, 4) is 0 Å². The largest absolute Gasteiger partial charge is 0.626 e. The predicted octanol–water partition coefficient (Wildman–Crippen LogP) is 25.9. The van der Waals surface area contributed by atoms with Crippen molar-refractivity contribution in [3.63, 3.8) is 0 Å². The molecule has 0 fully saturated rings. The number of nitrogens with one attached hydrogen (secondary N) is 1. The average molecular weight is 2950 g/mol. The van der Waals surface area contributed by atoms with E-state index >= 15 is 0 Å². The number of pyridine rings is 1. The van der Waals surface area contributed by atoms with Crippen LogP contribution in [0.1, 0.15) is 317 Å². The molecule has 1 aliphatic heterocycles. The molecule has 1 N–H and O–H groups in total. The predicted molar refractivity (Wildman–Crippen MR) is 565 cm³/mol. The third-order valence-corrected chi connectivity index (χ3v) is 18.8. The molecule has 1 amide bonds. The third kappa shape index (κ3) is 55.3. The Kier molecular flexibility index (Phi) is 81.6. The van der Waals surface area contributed by atoms with E-state index in [2.05, 4.69) is 101 Å². The SMILES string of the molecule is CC.CC.CC.CC.CC.CC.CC.CC(C)(C)[N+]1=CC=C(Cc2ccccc2)CC1=O.CC(C)(C)c1cnc(Cc2ccccc2)[nH]c1=O.CC(C)c1ccc(Cc2ccccc2)[n-]c1=O.CC(C)c1cnc(Cc2ccccc2)[n-]c1=O.CC(C)c1cnc([N-]c2ccccc2)[n-]c1=O.CC(C)n1cnc(Cc2ccccc2)cc1=O.CC(C)n1cnc([N-]c2ccccc2)[c-]c1=O.[Re].[Re].[Re].[Re].[Re].[Re]. The van der Waals surface area contributed by atoms with Crippen molar-refractivity contribution >= 4 is 35.3 Å². The molecule has 13 aromatic rings. The molecule has 7 heterocycles. The van der Waals surface area contributed by atoms with Gasteiger partial charge in [0.05, 0.1) is 29.6 Å². The maximum absolute atomic E-state index is 12.1. The number of amides is 1. The van der Waals surface area contributed by atoms with Gasteiger partial charge in [-0.1, -0.05) is 401 Å². The van der Waals surface area contributed by atoms with Gasteiger partial charge in [-0.05, 0) is 132 Å². The minimum absolute atomic E-state index is 0. The van der Waals surface area contributed by atoms with E-state index in [1.807, 2.05) is 410 Å². The van der Waals surface area contributed by atoms with Gasteiger partial charge in [-0.15, -0.1) is 6.20 Å². The van der Waals surface area contributed by atoms with Crippen molar-refractivity contribution in [1.29, 1.82) is 0 Å². The van der Waals surface area contributed by atoms with E-state index in [4.69, 9.17) is 0 Å². The van der Waals surface area contributed by atoms with Crippen LogP contribution in [0.25, 0.3) is 10.6 Å². The monoisotopic (exact) mass is 2950 g/mol. The summed E-state index contributed by atoms with van der Waals surface area (Å²) in [4.78, 5) is 119. The van der Waals surface area contributed by atoms with Gasteiger partial charge >= 0.3 is 5.91 Å². The average Bonchev–Trinajstić information content (AvgIpc) is 0.822. The zero-order chi connectivity index (χ0) is 102. The fourth-order valence-electron chi connectivity index (χ4n) is 12.1. The molecule has 0 saturated heterocycles. The van der Waals surface area contributed by atoms with Crippen LogP contribution in [0.3, 0.4) is 0 Å². The van der Waals surface area contributed by atoms with Crippen molar-refractivity contribution in [2.45, 2.75) is 287 Å². The Bertz CT molecular complexity index is 5270. The molecule has 0 spiro atoms. The van der Waals surface area contributed by atoms with Crippen molar-refractivity contribution in [2.75, 3.05) is 0 Å². The zero-order valence-corrected chi connectivity index (χ0v) is 105. The van der Waals surface area contributed by atoms with Gasteiger partial charge in [-0.25, -0.2) is 20.6 Å². The smallest absolute Gasteiger partial charge is 0.391 e. The van der Waals surface area contributed by atoms with Crippen LogP contribution >= 0.6 is 0 Å². The summed E-state index contributed by atoms with van der Waals surface area (Å²) in [5, 5.41) is 8.40. The number of nitrogens with zero attached hydrogens (tertiary/aromatic N) is 13. The maximum Gasteiger partial charge on any atom is 0.391 e. The second kappa shape index (κ2) is 80.9. The van der Waals surface area contributed by atoms with Gasteiger partial charge in [0.1, 0.15) is 11.4 Å². The molecule has 6 radical (unpaired) electrons. The Balaban J connectivity index is -0.000000366. The molecule has 1 aliphatic rings. The Hall–Kier alpha value is -9.46. The van der Waals surface area contributed by atoms with E-state index in [-0.39, 0.29) is 209 Å². The molecule has 6 aromatic heterocycles. The molecule has 21 nitrogen and oxygen atoms in total. The number of rotatable bonds is 19. The fourth-order valence-corrected chi connectivity index (χ4v) is 12.1. The first kappa shape index (κ1) is 142. The second-order valence-corrected chi connectivity index (χ2v) is 32.5. The molecule has 0 saturated carbocycles. The van der Waals surface area contributed by atoms with Crippen LogP contribution in [0.15, 0.2) is 302 Å². The topological polar surface area (TPSA) is 283 Å². The Morgan fingerprint density at radius 2 is 0.780 bits per heavy atom. The van der Waals surface area contributed by atoms with Crippen LogP contribution in [0.5, 0.6) is 0 Å². The van der Waals surface area contributed by atoms with Crippen LogP contribution in [-0.2, 0) is 165 Å². The van der Waals surface area contributed by atoms with Crippen molar-refractivity contribution in [3.05, 3.63) is 425 Å². The maximum atomic E-state index is 12.1. The number of allylic oxidation sites excluding steroid dienone is 1. The molecule has 14 rings (SSSR count). The van der Waals surface area contributed by atoms with E-state index in [0.717, 1.165) is 51.4 Å². The van der Waals surface area contributed by atoms with Gasteiger partial charge in [-0.2, -0.15) is 16.2 Å². The van der Waals surface area contributed by atoms with Gasteiger partial charge in [0.15, 0.2) is 17.3 Å². The minimum Gasteiger partial charge on any atom is -0.626 e. The summed E-state index contributed by atoms with van der Waals surface area (Å²) >= 11 is 0. The summed E-state index contributed by atoms with van der Waals surface area (Å²) in [6.45, 7) is 59.8. The number of hydrogen-bond donors (Lipinski definition) is 1. The van der Waals surface area contributed by atoms with Crippen LogP contribution in [0.2, 0.25) is 0 Å². The Morgan fingerprint density at radius 1 is 0.397 bits per heavy atom. The molecular weight excluding hydrogens is 2790 g/mol. The summed E-state index contributed by atoms with van der Waals surface area (Å²) in [6, 6.07) is 77.3. The van der Waals surface area contributed by atoms with Crippen molar-refractivity contribution in [2.24, 2.45) is 0 Å². The standard InChI is InChI=1S/C16H20NO.C15H18N2O.C15H17NO.2C14H16N2O.2C13H14N3O.7C2H6.6Re/c1-16(2,3)17-10-9-14(12-15(17)18)11-13-7-5-4-6-8-13;1-15(2,3)12-10-16-13(17-14(12)18)9-11-7-5-4-6-8-11;1-11(2)14-9-8-13(16-15(14)17)10-12-6-4-3-5-7-12;1-11(2)16-10-15-13(9-14(16)17)8-12-6-4-3-5-7-12;1-10(2)12-9-15-13(16-14(12)17)8-11-6-4-3-5-7-11;1-10(2)16-9-14-12(8-13(16)17)15-11-6-4-3-5-7-11;1-9(2)11-8-14-13(16-12(11)17)15-10-6-4-3-5-7-10;7*1-2;;;;;;/h4-10H,11-12H2,1-3H3;4-8,10H,9H2,1-3H3,(H,16,17,18);3-9,11H,10H2,1-2H3,(H,16,17);3-7,9-11H,8H2,1-2H3;3-7,9-10H,8H2,1-2H3,(H,15,16,17);3-7,9-10H,1-2H3,(H,15,17);3-9H,1-2H3,(H-,14,15,16,17);7*1-2H3;;;;;;/q+1;;;;;2*-1;;;;;;;;;;;;;/p-4. The molecule has 27 heteroatoms. The molecular formula is C114H153N14O7Re6-5. The van der Waals surface area contributed by atoms with Gasteiger partial charge in [0, 0.05) is 192 Å². The molecule has 141 heavy (non-hydrogen) atoms. The fraction of sp³-hybridized carbons (Fsp3) is 0.377. The van der Waals surface area contributed by atoms with E-state index in [9.17, 15) is 33.6 Å². The van der Waals surface area contributed by atoms with Crippen molar-refractivity contribution < 1.29 is 132 Å². The number of carbonyl (C=O) groups is 1. The number of carbonyl (C=O) groups excluding carboxylic acids is 1. The molecule has 0 aliphatic carbocycles. The first-order valence-electron chi connectivity index (χ1n) is 47.7. The normalized spacial score (nSPS) is 10.3. The number of benzene rings is 7. The van der Waals surface area contributed by atoms with Crippen LogP contribution in [-0.4, -0.2) is 61.3 Å². The summed E-state index contributed by atoms with van der Waals surface area (Å²) in [6.07, 6.45) is 16.1. The number of hydrogen-bond acceptors (Lipinski definition) is 12. The van der Waals surface area contributed by atoms with Crippen LogP contribution in [0.4, 0.5) is 23.1 Å². The van der Waals surface area contributed by atoms with E-state index < -0.39 is 0 Å². The minimum atomic E-state index is -0.246. The Morgan fingerprint density at radius 3 is 1.16 bits per heavy atom. The van der Waals surface area contributed by atoms with Gasteiger partial charge < -0.3 is 70.5 Å². The third-order valence-electron chi connectivity index (χ3n) is 18.8. The van der Waals surface area contributed by atoms with Gasteiger partial charge in [0.2, 0.25) is 0 Å². The molecule has 0 atom stereocenters. The van der Waals surface area contributed by atoms with E-state index in [1.165, 1.54) is 33.2 Å². The first-order valence-corrected chi connectivity index (χ1v) is 47.7. The molecule has 7 aromatic carbocycles. The van der Waals surface area contributed by atoms with Crippen LogP contribution < -0.4 is 48.3 Å². The van der Waals surface area contributed by atoms with Crippen LogP contribution in [0, 0.1) is 6.07 Å². The summed E-state index contributed by atoms with van der Waals surface area (Å²) < 4.78 is 4.97. The number of aromatic amines is 1. The van der Waals surface area contributed by atoms with Crippen molar-refractivity contribution in [1.82, 2.24) is 54.0 Å². The summed E-state index contributed by atoms with van der Waals surface area (Å²) in [5.41, 5.74) is 12.0. The number of H-pyrrole nitrogens is 1. The van der Waals surface area contributed by atoms with Gasteiger partial charge in [0.25, 0.3) is 11.1 Å². The quantitative estimate of drug-likeness (QED) is 0.0582. The van der Waals surface area contributed by atoms with E-state index in [1.54, 1.807) is 35.6 Å². The molecule has 0 bridgehead atoms. The number of aromatic nitrogens is 11. The van der Waals surface area contributed by atoms with Gasteiger partial charge in [-0.3, -0.25) is 19.0 Å². The second-order valence-electron chi connectivity index (χ2n) is 32.5.